The summed E-state index contributed by atoms with van der Waals surface area (Å²) in [6.45, 7) is 1.67. The first-order chi connectivity index (χ1) is 5.65. The van der Waals surface area contributed by atoms with Crippen LogP contribution in [0.5, 0.6) is 5.75 Å². The minimum atomic E-state index is -0.557. The zero-order valence-corrected chi connectivity index (χ0v) is 7.80. The zero-order valence-electron chi connectivity index (χ0n) is 7.04. The molecule has 0 bridgehead atoms. The normalized spacial score (nSPS) is 12.7. The van der Waals surface area contributed by atoms with Crippen LogP contribution in [0.1, 0.15) is 18.6 Å². The van der Waals surface area contributed by atoms with Crippen LogP contribution in [-0.4, -0.2) is 12.2 Å². The summed E-state index contributed by atoms with van der Waals surface area (Å²) >= 11 is 5.75. The van der Waals surface area contributed by atoms with E-state index in [2.05, 4.69) is 0 Å². The van der Waals surface area contributed by atoms with Crippen LogP contribution in [0.4, 0.5) is 0 Å². The van der Waals surface area contributed by atoms with Crippen molar-refractivity contribution in [2.24, 2.45) is 0 Å². The summed E-state index contributed by atoms with van der Waals surface area (Å²) in [5.74, 6) is 0.661. The number of hydrogen-bond donors (Lipinski definition) is 1. The summed E-state index contributed by atoms with van der Waals surface area (Å²) in [4.78, 5) is 0. The molecule has 0 aliphatic rings. The predicted molar refractivity (Wildman–Crippen MR) is 48.6 cm³/mol. The monoisotopic (exact) mass is 186 g/mol. The SMILES string of the molecule is COc1ccc(Cl)cc1[C@@H](C)O. The van der Waals surface area contributed by atoms with Crippen LogP contribution in [0, 0.1) is 0 Å². The third-order valence-corrected chi connectivity index (χ3v) is 1.88. The molecule has 0 aromatic heterocycles. The molecule has 1 N–H and O–H groups in total. The molecular weight excluding hydrogens is 176 g/mol. The lowest BCUT2D eigenvalue weighted by Crippen LogP contribution is -1.95. The summed E-state index contributed by atoms with van der Waals surface area (Å²) in [7, 11) is 1.56. The summed E-state index contributed by atoms with van der Waals surface area (Å²) in [6.07, 6.45) is -0.557. The van der Waals surface area contributed by atoms with Crippen molar-refractivity contribution < 1.29 is 9.84 Å². The molecule has 1 atom stereocenters. The Kier molecular flexibility index (Phi) is 2.95. The molecule has 1 aromatic rings. The second-order valence-electron chi connectivity index (χ2n) is 2.56. The lowest BCUT2D eigenvalue weighted by Gasteiger charge is -2.10. The molecule has 0 radical (unpaired) electrons. The number of ether oxygens (including phenoxy) is 1. The van der Waals surface area contributed by atoms with E-state index in [0.717, 1.165) is 0 Å². The van der Waals surface area contributed by atoms with E-state index in [0.29, 0.717) is 16.3 Å². The Labute approximate surface area is 76.7 Å². The third kappa shape index (κ3) is 1.90. The number of benzene rings is 1. The smallest absolute Gasteiger partial charge is 0.124 e. The van der Waals surface area contributed by atoms with Crippen molar-refractivity contribution in [1.82, 2.24) is 0 Å². The van der Waals surface area contributed by atoms with Crippen molar-refractivity contribution in [1.29, 1.82) is 0 Å². The van der Waals surface area contributed by atoms with Crippen molar-refractivity contribution >= 4 is 11.6 Å². The second kappa shape index (κ2) is 3.78. The van der Waals surface area contributed by atoms with Gasteiger partial charge in [-0.05, 0) is 25.1 Å². The molecule has 12 heavy (non-hydrogen) atoms. The first-order valence-corrected chi connectivity index (χ1v) is 4.04. The molecule has 66 valence electrons. The summed E-state index contributed by atoms with van der Waals surface area (Å²) < 4.78 is 5.04. The van der Waals surface area contributed by atoms with Gasteiger partial charge in [0, 0.05) is 10.6 Å². The predicted octanol–water partition coefficient (Wildman–Crippen LogP) is 2.40. The molecule has 0 aliphatic heterocycles. The quantitative estimate of drug-likeness (QED) is 0.769. The van der Waals surface area contributed by atoms with Crippen molar-refractivity contribution in [2.45, 2.75) is 13.0 Å². The third-order valence-electron chi connectivity index (χ3n) is 1.64. The maximum absolute atomic E-state index is 9.32. The van der Waals surface area contributed by atoms with E-state index >= 15 is 0 Å². The van der Waals surface area contributed by atoms with Gasteiger partial charge in [0.15, 0.2) is 0 Å². The highest BCUT2D eigenvalue weighted by Gasteiger charge is 2.08. The second-order valence-corrected chi connectivity index (χ2v) is 3.00. The van der Waals surface area contributed by atoms with Gasteiger partial charge in [-0.25, -0.2) is 0 Å². The maximum Gasteiger partial charge on any atom is 0.124 e. The fourth-order valence-corrected chi connectivity index (χ4v) is 1.21. The number of aliphatic hydroxyl groups is 1. The average molecular weight is 187 g/mol. The van der Waals surface area contributed by atoms with Gasteiger partial charge < -0.3 is 9.84 Å². The van der Waals surface area contributed by atoms with Gasteiger partial charge in [-0.15, -0.1) is 0 Å². The van der Waals surface area contributed by atoms with Crippen LogP contribution < -0.4 is 4.74 Å². The lowest BCUT2D eigenvalue weighted by atomic mass is 10.1. The van der Waals surface area contributed by atoms with E-state index in [4.69, 9.17) is 16.3 Å². The summed E-state index contributed by atoms with van der Waals surface area (Å²) in [5.41, 5.74) is 0.713. The van der Waals surface area contributed by atoms with E-state index in [9.17, 15) is 5.11 Å². The molecule has 2 nitrogen and oxygen atoms in total. The molecule has 0 unspecified atom stereocenters. The topological polar surface area (TPSA) is 29.5 Å². The molecule has 0 fully saturated rings. The van der Waals surface area contributed by atoms with Crippen molar-refractivity contribution in [3.63, 3.8) is 0 Å². The maximum atomic E-state index is 9.32. The molecule has 0 aliphatic carbocycles. The van der Waals surface area contributed by atoms with Gasteiger partial charge in [-0.1, -0.05) is 11.6 Å². The highest BCUT2D eigenvalue weighted by Crippen LogP contribution is 2.27. The Morgan fingerprint density at radius 1 is 1.50 bits per heavy atom. The van der Waals surface area contributed by atoms with Gasteiger partial charge in [0.05, 0.1) is 13.2 Å². The molecule has 0 amide bonds. The minimum absolute atomic E-state index is 0.557. The van der Waals surface area contributed by atoms with Gasteiger partial charge >= 0.3 is 0 Å². The minimum Gasteiger partial charge on any atom is -0.496 e. The Morgan fingerprint density at radius 3 is 2.67 bits per heavy atom. The van der Waals surface area contributed by atoms with E-state index in [1.165, 1.54) is 0 Å². The van der Waals surface area contributed by atoms with Gasteiger partial charge in [0.1, 0.15) is 5.75 Å². The van der Waals surface area contributed by atoms with Crippen molar-refractivity contribution in [3.05, 3.63) is 28.8 Å². The van der Waals surface area contributed by atoms with Crippen LogP contribution in [0.25, 0.3) is 0 Å². The number of rotatable bonds is 2. The highest BCUT2D eigenvalue weighted by atomic mass is 35.5. The van der Waals surface area contributed by atoms with Gasteiger partial charge in [-0.3, -0.25) is 0 Å². The van der Waals surface area contributed by atoms with Gasteiger partial charge in [0.2, 0.25) is 0 Å². The Bertz CT molecular complexity index is 271. The molecule has 0 saturated carbocycles. The zero-order chi connectivity index (χ0) is 9.14. The van der Waals surface area contributed by atoms with Gasteiger partial charge in [-0.2, -0.15) is 0 Å². The number of aliphatic hydroxyl groups excluding tert-OH is 1. The standard InChI is InChI=1S/C9H11ClO2/c1-6(11)8-5-7(10)3-4-9(8)12-2/h3-6,11H,1-2H3/t6-/m1/s1. The number of hydrogen-bond acceptors (Lipinski definition) is 2. The number of methoxy groups -OCH3 is 1. The van der Waals surface area contributed by atoms with Crippen LogP contribution in [-0.2, 0) is 0 Å². The van der Waals surface area contributed by atoms with Crippen molar-refractivity contribution in [3.8, 4) is 5.75 Å². The molecular formula is C9H11ClO2. The Hall–Kier alpha value is -0.730. The average Bonchev–Trinajstić information content (AvgIpc) is 2.04. The fraction of sp³-hybridized carbons (Fsp3) is 0.333. The van der Waals surface area contributed by atoms with E-state index in [1.807, 2.05) is 0 Å². The van der Waals surface area contributed by atoms with Crippen molar-refractivity contribution in [2.75, 3.05) is 7.11 Å². The highest BCUT2D eigenvalue weighted by molar-refractivity contribution is 6.30. The van der Waals surface area contributed by atoms with Gasteiger partial charge in [0.25, 0.3) is 0 Å². The lowest BCUT2D eigenvalue weighted by molar-refractivity contribution is 0.194. The first-order valence-electron chi connectivity index (χ1n) is 3.66. The first kappa shape index (κ1) is 9.36. The van der Waals surface area contributed by atoms with Crippen LogP contribution in [0.3, 0.4) is 0 Å². The molecule has 0 spiro atoms. The van der Waals surface area contributed by atoms with Crippen LogP contribution in [0.2, 0.25) is 5.02 Å². The number of halogens is 1. The largest absolute Gasteiger partial charge is 0.496 e. The summed E-state index contributed by atoms with van der Waals surface area (Å²) in [5, 5.41) is 9.92. The molecule has 0 saturated heterocycles. The molecule has 1 aromatic carbocycles. The molecule has 3 heteroatoms. The van der Waals surface area contributed by atoms with E-state index in [1.54, 1.807) is 32.2 Å². The van der Waals surface area contributed by atoms with Crippen LogP contribution in [0.15, 0.2) is 18.2 Å². The van der Waals surface area contributed by atoms with E-state index < -0.39 is 6.10 Å². The van der Waals surface area contributed by atoms with Crippen LogP contribution >= 0.6 is 11.6 Å². The molecule has 0 heterocycles. The Balaban J connectivity index is 3.12. The summed E-state index contributed by atoms with van der Waals surface area (Å²) in [6, 6.07) is 5.17. The van der Waals surface area contributed by atoms with E-state index in [-0.39, 0.29) is 0 Å². The Morgan fingerprint density at radius 2 is 2.17 bits per heavy atom. The molecule has 1 rings (SSSR count). The fourth-order valence-electron chi connectivity index (χ4n) is 1.03.